The maximum absolute atomic E-state index is 11.9. The topological polar surface area (TPSA) is 29.5 Å². The molecule has 1 aromatic rings. The Labute approximate surface area is 119 Å². The summed E-state index contributed by atoms with van der Waals surface area (Å²) in [6, 6.07) is 7.98. The van der Waals surface area contributed by atoms with Crippen molar-refractivity contribution in [3.63, 3.8) is 0 Å². The van der Waals surface area contributed by atoms with E-state index in [9.17, 15) is 4.79 Å². The normalized spacial score (nSPS) is 18.8. The summed E-state index contributed by atoms with van der Waals surface area (Å²) in [7, 11) is 1.63. The zero-order chi connectivity index (χ0) is 13.7. The van der Waals surface area contributed by atoms with E-state index in [1.165, 1.54) is 5.56 Å². The first-order valence-electron chi connectivity index (χ1n) is 6.70. The predicted molar refractivity (Wildman–Crippen MR) is 76.3 cm³/mol. The average Bonchev–Trinajstić information content (AvgIpc) is 2.87. The first kappa shape index (κ1) is 14.4. The van der Waals surface area contributed by atoms with E-state index in [-0.39, 0.29) is 5.91 Å². The van der Waals surface area contributed by atoms with Gasteiger partial charge in [0, 0.05) is 25.2 Å². The van der Waals surface area contributed by atoms with Crippen LogP contribution in [0.2, 0.25) is 5.02 Å². The third-order valence-corrected chi connectivity index (χ3v) is 3.85. The van der Waals surface area contributed by atoms with Gasteiger partial charge in [-0.05, 0) is 36.5 Å². The van der Waals surface area contributed by atoms with Crippen LogP contribution in [0.25, 0.3) is 0 Å². The van der Waals surface area contributed by atoms with Crippen molar-refractivity contribution in [3.8, 4) is 0 Å². The summed E-state index contributed by atoms with van der Waals surface area (Å²) < 4.78 is 4.95. The van der Waals surface area contributed by atoms with Gasteiger partial charge in [-0.15, -0.1) is 0 Å². The summed E-state index contributed by atoms with van der Waals surface area (Å²) in [5.41, 5.74) is 1.29. The van der Waals surface area contributed by atoms with Crippen LogP contribution < -0.4 is 0 Å². The van der Waals surface area contributed by atoms with Crippen LogP contribution >= 0.6 is 11.6 Å². The van der Waals surface area contributed by atoms with E-state index in [1.807, 2.05) is 17.0 Å². The molecule has 1 amide bonds. The summed E-state index contributed by atoms with van der Waals surface area (Å²) in [6.45, 7) is 2.25. The van der Waals surface area contributed by atoms with Gasteiger partial charge in [0.15, 0.2) is 0 Å². The molecule has 104 valence electrons. The molecule has 0 aliphatic carbocycles. The Kier molecular flexibility index (Phi) is 5.23. The van der Waals surface area contributed by atoms with Crippen LogP contribution in [0.1, 0.15) is 18.4 Å². The Morgan fingerprint density at radius 3 is 2.84 bits per heavy atom. The molecular weight excluding hydrogens is 262 g/mol. The van der Waals surface area contributed by atoms with Gasteiger partial charge in [0.25, 0.3) is 0 Å². The molecule has 0 bridgehead atoms. The lowest BCUT2D eigenvalue weighted by Gasteiger charge is -2.16. The summed E-state index contributed by atoms with van der Waals surface area (Å²) >= 11 is 5.88. The van der Waals surface area contributed by atoms with E-state index < -0.39 is 0 Å². The van der Waals surface area contributed by atoms with Gasteiger partial charge < -0.3 is 9.64 Å². The number of nitrogens with zero attached hydrogens (tertiary/aromatic N) is 1. The third kappa shape index (κ3) is 4.22. The maximum atomic E-state index is 11.9. The highest BCUT2D eigenvalue weighted by Crippen LogP contribution is 2.22. The Balaban J connectivity index is 1.81. The monoisotopic (exact) mass is 281 g/mol. The van der Waals surface area contributed by atoms with Crippen molar-refractivity contribution in [2.24, 2.45) is 5.92 Å². The van der Waals surface area contributed by atoms with Gasteiger partial charge in [-0.25, -0.2) is 0 Å². The van der Waals surface area contributed by atoms with E-state index in [4.69, 9.17) is 16.3 Å². The van der Waals surface area contributed by atoms with Gasteiger partial charge in [0.05, 0.1) is 13.0 Å². The number of rotatable bonds is 5. The highest BCUT2D eigenvalue weighted by Gasteiger charge is 2.25. The zero-order valence-corrected chi connectivity index (χ0v) is 12.0. The van der Waals surface area contributed by atoms with Gasteiger partial charge in [0.1, 0.15) is 0 Å². The van der Waals surface area contributed by atoms with E-state index in [1.54, 1.807) is 7.11 Å². The Hall–Kier alpha value is -1.06. The van der Waals surface area contributed by atoms with Crippen molar-refractivity contribution in [1.29, 1.82) is 0 Å². The van der Waals surface area contributed by atoms with E-state index >= 15 is 0 Å². The molecule has 3 nitrogen and oxygen atoms in total. The van der Waals surface area contributed by atoms with Crippen molar-refractivity contribution in [2.45, 2.75) is 19.3 Å². The molecule has 0 aromatic heterocycles. The number of amides is 1. The van der Waals surface area contributed by atoms with Crippen molar-refractivity contribution in [2.75, 3.05) is 26.8 Å². The van der Waals surface area contributed by atoms with Gasteiger partial charge in [-0.3, -0.25) is 4.79 Å². The molecule has 0 radical (unpaired) electrons. The second kappa shape index (κ2) is 6.92. The zero-order valence-electron chi connectivity index (χ0n) is 11.3. The van der Waals surface area contributed by atoms with Crippen LogP contribution in [0.3, 0.4) is 0 Å². The summed E-state index contributed by atoms with van der Waals surface area (Å²) in [5.74, 6) is 0.771. The minimum atomic E-state index is 0.209. The number of likely N-dealkylation sites (tertiary alicyclic amines) is 1. The second-order valence-corrected chi connectivity index (χ2v) is 5.50. The third-order valence-electron chi connectivity index (χ3n) is 3.60. The Morgan fingerprint density at radius 2 is 2.16 bits per heavy atom. The number of carbonyl (C=O) groups excluding carboxylic acids is 1. The van der Waals surface area contributed by atoms with Crippen molar-refractivity contribution >= 4 is 17.5 Å². The van der Waals surface area contributed by atoms with Crippen molar-refractivity contribution < 1.29 is 9.53 Å². The molecule has 1 heterocycles. The Bertz CT molecular complexity index is 419. The lowest BCUT2D eigenvalue weighted by atomic mass is 9.99. The van der Waals surface area contributed by atoms with E-state index in [2.05, 4.69) is 12.1 Å². The van der Waals surface area contributed by atoms with Gasteiger partial charge in [-0.1, -0.05) is 23.7 Å². The van der Waals surface area contributed by atoms with Gasteiger partial charge in [0.2, 0.25) is 5.91 Å². The molecule has 1 aliphatic heterocycles. The maximum Gasteiger partial charge on any atom is 0.224 e. The first-order chi connectivity index (χ1) is 9.19. The highest BCUT2D eigenvalue weighted by atomic mass is 35.5. The molecular formula is C15H20ClNO2. The lowest BCUT2D eigenvalue weighted by molar-refractivity contribution is -0.131. The lowest BCUT2D eigenvalue weighted by Crippen LogP contribution is -2.29. The number of methoxy groups -OCH3 is 1. The first-order valence-corrected chi connectivity index (χ1v) is 7.08. The molecule has 4 heteroatoms. The van der Waals surface area contributed by atoms with Crippen LogP contribution in [0.5, 0.6) is 0 Å². The average molecular weight is 282 g/mol. The number of hydrogen-bond donors (Lipinski definition) is 0. The molecule has 0 spiro atoms. The summed E-state index contributed by atoms with van der Waals surface area (Å²) in [5, 5.41) is 0.770. The largest absolute Gasteiger partial charge is 0.384 e. The SMILES string of the molecule is COCCC(=O)N1CCC(Cc2ccc(Cl)cc2)C1. The fraction of sp³-hybridized carbons (Fsp3) is 0.533. The number of hydrogen-bond acceptors (Lipinski definition) is 2. The quantitative estimate of drug-likeness (QED) is 0.831. The highest BCUT2D eigenvalue weighted by molar-refractivity contribution is 6.30. The summed E-state index contributed by atoms with van der Waals surface area (Å²) in [4.78, 5) is 13.8. The predicted octanol–water partition coefficient (Wildman–Crippen LogP) is 2.77. The molecule has 1 fully saturated rings. The fourth-order valence-corrected chi connectivity index (χ4v) is 2.65. The van der Waals surface area contributed by atoms with Crippen molar-refractivity contribution in [1.82, 2.24) is 4.90 Å². The molecule has 1 atom stereocenters. The molecule has 19 heavy (non-hydrogen) atoms. The van der Waals surface area contributed by atoms with Crippen LogP contribution in [0, 0.1) is 5.92 Å². The molecule has 0 N–H and O–H groups in total. The molecule has 1 unspecified atom stereocenters. The van der Waals surface area contributed by atoms with Crippen LogP contribution in [0.15, 0.2) is 24.3 Å². The van der Waals surface area contributed by atoms with Crippen LogP contribution in [-0.2, 0) is 16.0 Å². The summed E-state index contributed by atoms with van der Waals surface area (Å²) in [6.07, 6.45) is 2.59. The molecule has 1 saturated heterocycles. The number of carbonyl (C=O) groups is 1. The minimum absolute atomic E-state index is 0.209. The molecule has 0 saturated carbocycles. The Morgan fingerprint density at radius 1 is 1.42 bits per heavy atom. The fourth-order valence-electron chi connectivity index (χ4n) is 2.53. The smallest absolute Gasteiger partial charge is 0.224 e. The number of halogens is 1. The van der Waals surface area contributed by atoms with Gasteiger partial charge in [-0.2, -0.15) is 0 Å². The molecule has 1 aromatic carbocycles. The van der Waals surface area contributed by atoms with Gasteiger partial charge >= 0.3 is 0 Å². The van der Waals surface area contributed by atoms with E-state index in [0.29, 0.717) is 18.9 Å². The molecule has 2 rings (SSSR count). The van der Waals surface area contributed by atoms with Crippen LogP contribution in [-0.4, -0.2) is 37.6 Å². The van der Waals surface area contributed by atoms with Crippen LogP contribution in [0.4, 0.5) is 0 Å². The standard InChI is InChI=1S/C15H20ClNO2/c1-19-9-7-15(18)17-8-6-13(11-17)10-12-2-4-14(16)5-3-12/h2-5,13H,6-11H2,1H3. The minimum Gasteiger partial charge on any atom is -0.384 e. The number of ether oxygens (including phenoxy) is 1. The number of benzene rings is 1. The molecule has 1 aliphatic rings. The van der Waals surface area contributed by atoms with Crippen molar-refractivity contribution in [3.05, 3.63) is 34.9 Å². The van der Waals surface area contributed by atoms with E-state index in [0.717, 1.165) is 31.0 Å². The second-order valence-electron chi connectivity index (χ2n) is 5.07.